The first-order valence-electron chi connectivity index (χ1n) is 6.02. The van der Waals surface area contributed by atoms with Crippen LogP contribution in [0, 0.1) is 5.92 Å². The maximum Gasteiger partial charge on any atom is 0.257 e. The highest BCUT2D eigenvalue weighted by molar-refractivity contribution is 6.32. The number of carbonyl (C=O) groups is 1. The Labute approximate surface area is 107 Å². The van der Waals surface area contributed by atoms with Crippen LogP contribution in [0.2, 0.25) is 5.15 Å². The van der Waals surface area contributed by atoms with Crippen LogP contribution in [-0.4, -0.2) is 28.4 Å². The Kier molecular flexibility index (Phi) is 3.67. The number of hydrogen-bond acceptors (Lipinski definition) is 2. The van der Waals surface area contributed by atoms with Crippen molar-refractivity contribution in [1.29, 1.82) is 0 Å². The molecule has 2 unspecified atom stereocenters. The van der Waals surface area contributed by atoms with Crippen LogP contribution in [0.15, 0.2) is 18.3 Å². The molecule has 1 amide bonds. The van der Waals surface area contributed by atoms with Crippen LogP contribution in [0.4, 0.5) is 0 Å². The highest BCUT2D eigenvalue weighted by atomic mass is 35.5. The smallest absolute Gasteiger partial charge is 0.257 e. The maximum absolute atomic E-state index is 12.4. The van der Waals surface area contributed by atoms with E-state index in [1.165, 1.54) is 6.42 Å². The van der Waals surface area contributed by atoms with E-state index >= 15 is 0 Å². The fourth-order valence-corrected chi connectivity index (χ4v) is 2.52. The van der Waals surface area contributed by atoms with Crippen molar-refractivity contribution < 1.29 is 4.79 Å². The Hall–Kier alpha value is -1.09. The minimum absolute atomic E-state index is 0.00199. The lowest BCUT2D eigenvalue weighted by atomic mass is 9.91. The summed E-state index contributed by atoms with van der Waals surface area (Å²) in [5.74, 6) is 0.547. The van der Waals surface area contributed by atoms with Gasteiger partial charge >= 0.3 is 0 Å². The van der Waals surface area contributed by atoms with E-state index in [9.17, 15) is 4.79 Å². The average molecular weight is 253 g/mol. The first-order chi connectivity index (χ1) is 8.11. The molecule has 92 valence electrons. The van der Waals surface area contributed by atoms with Crippen molar-refractivity contribution in [3.05, 3.63) is 29.0 Å². The van der Waals surface area contributed by atoms with Gasteiger partial charge in [0, 0.05) is 18.8 Å². The SMILES string of the molecule is CC1CCCN(C(=O)c2cccnc2Cl)C1C. The van der Waals surface area contributed by atoms with Crippen molar-refractivity contribution in [2.45, 2.75) is 32.7 Å². The van der Waals surface area contributed by atoms with Crippen LogP contribution >= 0.6 is 11.6 Å². The molecule has 3 nitrogen and oxygen atoms in total. The van der Waals surface area contributed by atoms with E-state index in [1.54, 1.807) is 18.3 Å². The first kappa shape index (κ1) is 12.4. The summed E-state index contributed by atoms with van der Waals surface area (Å²) < 4.78 is 0. The number of amides is 1. The van der Waals surface area contributed by atoms with Gasteiger partial charge in [-0.1, -0.05) is 18.5 Å². The first-order valence-corrected chi connectivity index (χ1v) is 6.40. The predicted molar refractivity (Wildman–Crippen MR) is 68.1 cm³/mol. The van der Waals surface area contributed by atoms with E-state index in [-0.39, 0.29) is 11.9 Å². The van der Waals surface area contributed by atoms with E-state index in [1.807, 2.05) is 4.90 Å². The Morgan fingerprint density at radius 1 is 1.53 bits per heavy atom. The molecule has 0 bridgehead atoms. The summed E-state index contributed by atoms with van der Waals surface area (Å²) >= 11 is 5.96. The standard InChI is InChI=1S/C13H17ClN2O/c1-9-5-4-8-16(10(9)2)13(17)11-6-3-7-15-12(11)14/h3,6-7,9-10H,4-5,8H2,1-2H3. The lowest BCUT2D eigenvalue weighted by Crippen LogP contribution is -2.46. The largest absolute Gasteiger partial charge is 0.336 e. The van der Waals surface area contributed by atoms with Gasteiger partial charge in [-0.05, 0) is 37.8 Å². The molecule has 0 aliphatic carbocycles. The van der Waals surface area contributed by atoms with Crippen molar-refractivity contribution >= 4 is 17.5 Å². The zero-order valence-corrected chi connectivity index (χ0v) is 10.9. The number of nitrogens with zero attached hydrogens (tertiary/aromatic N) is 2. The van der Waals surface area contributed by atoms with Crippen molar-refractivity contribution in [2.24, 2.45) is 5.92 Å². The predicted octanol–water partition coefficient (Wildman–Crippen LogP) is 3.00. The van der Waals surface area contributed by atoms with E-state index < -0.39 is 0 Å². The fourth-order valence-electron chi connectivity index (χ4n) is 2.32. The van der Waals surface area contributed by atoms with Crippen molar-refractivity contribution in [3.63, 3.8) is 0 Å². The number of pyridine rings is 1. The number of carbonyl (C=O) groups excluding carboxylic acids is 1. The Bertz CT molecular complexity index is 422. The zero-order valence-electron chi connectivity index (χ0n) is 10.2. The normalized spacial score (nSPS) is 24.8. The lowest BCUT2D eigenvalue weighted by molar-refractivity contribution is 0.0551. The number of halogens is 1. The molecule has 1 fully saturated rings. The molecule has 1 aliphatic rings. The van der Waals surface area contributed by atoms with Crippen molar-refractivity contribution in [2.75, 3.05) is 6.54 Å². The Morgan fingerprint density at radius 2 is 2.29 bits per heavy atom. The van der Waals surface area contributed by atoms with Gasteiger partial charge < -0.3 is 4.90 Å². The van der Waals surface area contributed by atoms with Gasteiger partial charge in [0.15, 0.2) is 0 Å². The molecular weight excluding hydrogens is 236 g/mol. The topological polar surface area (TPSA) is 33.2 Å². The third kappa shape index (κ3) is 2.44. The maximum atomic E-state index is 12.4. The summed E-state index contributed by atoms with van der Waals surface area (Å²) in [5.41, 5.74) is 0.509. The molecule has 1 aromatic heterocycles. The minimum Gasteiger partial charge on any atom is -0.336 e. The molecular formula is C13H17ClN2O. The Morgan fingerprint density at radius 3 is 3.00 bits per heavy atom. The molecule has 4 heteroatoms. The highest BCUT2D eigenvalue weighted by Crippen LogP contribution is 2.25. The molecule has 0 N–H and O–H groups in total. The van der Waals surface area contributed by atoms with Gasteiger partial charge in [-0.25, -0.2) is 4.98 Å². The van der Waals surface area contributed by atoms with Crippen LogP contribution in [-0.2, 0) is 0 Å². The second kappa shape index (κ2) is 5.05. The number of hydrogen-bond donors (Lipinski definition) is 0. The van der Waals surface area contributed by atoms with Crippen molar-refractivity contribution in [3.8, 4) is 0 Å². The van der Waals surface area contributed by atoms with E-state index in [4.69, 9.17) is 11.6 Å². The van der Waals surface area contributed by atoms with Crippen LogP contribution in [0.25, 0.3) is 0 Å². The van der Waals surface area contributed by atoms with Gasteiger partial charge in [0.1, 0.15) is 5.15 Å². The molecule has 2 rings (SSSR count). The summed E-state index contributed by atoms with van der Waals surface area (Å²) in [6.45, 7) is 5.11. The van der Waals surface area contributed by atoms with Crippen molar-refractivity contribution in [1.82, 2.24) is 9.88 Å². The number of aromatic nitrogens is 1. The molecule has 0 spiro atoms. The third-order valence-corrected chi connectivity index (χ3v) is 3.93. The summed E-state index contributed by atoms with van der Waals surface area (Å²) in [4.78, 5) is 18.2. The molecule has 0 radical (unpaired) electrons. The molecule has 2 heterocycles. The van der Waals surface area contributed by atoms with Crippen LogP contribution < -0.4 is 0 Å². The molecule has 0 aromatic carbocycles. The van der Waals surface area contributed by atoms with Gasteiger partial charge in [-0.2, -0.15) is 0 Å². The number of likely N-dealkylation sites (tertiary alicyclic amines) is 1. The van der Waals surface area contributed by atoms with E-state index in [2.05, 4.69) is 18.8 Å². The minimum atomic E-state index is 0.00199. The third-order valence-electron chi connectivity index (χ3n) is 3.62. The molecule has 0 saturated carbocycles. The fraction of sp³-hybridized carbons (Fsp3) is 0.538. The summed E-state index contributed by atoms with van der Waals surface area (Å²) in [5, 5.41) is 0.294. The molecule has 2 atom stereocenters. The molecule has 1 aromatic rings. The zero-order chi connectivity index (χ0) is 12.4. The average Bonchev–Trinajstić information content (AvgIpc) is 2.32. The van der Waals surface area contributed by atoms with Gasteiger partial charge in [-0.3, -0.25) is 4.79 Å². The van der Waals surface area contributed by atoms with E-state index in [0.717, 1.165) is 13.0 Å². The molecule has 17 heavy (non-hydrogen) atoms. The summed E-state index contributed by atoms with van der Waals surface area (Å²) in [7, 11) is 0. The second-order valence-electron chi connectivity index (χ2n) is 4.70. The highest BCUT2D eigenvalue weighted by Gasteiger charge is 2.29. The van der Waals surface area contributed by atoms with Gasteiger partial charge in [-0.15, -0.1) is 0 Å². The van der Waals surface area contributed by atoms with Crippen LogP contribution in [0.1, 0.15) is 37.0 Å². The van der Waals surface area contributed by atoms with Crippen LogP contribution in [0.3, 0.4) is 0 Å². The molecule has 1 saturated heterocycles. The van der Waals surface area contributed by atoms with Gasteiger partial charge in [0.25, 0.3) is 5.91 Å². The molecule has 1 aliphatic heterocycles. The number of rotatable bonds is 1. The monoisotopic (exact) mass is 252 g/mol. The number of piperidine rings is 1. The van der Waals surface area contributed by atoms with Gasteiger partial charge in [0.2, 0.25) is 0 Å². The van der Waals surface area contributed by atoms with E-state index in [0.29, 0.717) is 16.6 Å². The van der Waals surface area contributed by atoms with Crippen LogP contribution in [0.5, 0.6) is 0 Å². The Balaban J connectivity index is 2.23. The lowest BCUT2D eigenvalue weighted by Gasteiger charge is -2.38. The second-order valence-corrected chi connectivity index (χ2v) is 5.06. The van der Waals surface area contributed by atoms with Gasteiger partial charge in [0.05, 0.1) is 5.56 Å². The summed E-state index contributed by atoms with van der Waals surface area (Å²) in [6.07, 6.45) is 3.85. The quantitative estimate of drug-likeness (QED) is 0.720. The summed E-state index contributed by atoms with van der Waals surface area (Å²) in [6, 6.07) is 3.76.